The third-order valence-corrected chi connectivity index (χ3v) is 6.84. The molecule has 2 aliphatic heterocycles. The topological polar surface area (TPSA) is 91.7 Å². The zero-order valence-corrected chi connectivity index (χ0v) is 18.3. The monoisotopic (exact) mass is 439 g/mol. The Labute approximate surface area is 178 Å². The number of carbonyl (C=O) groups is 1. The lowest BCUT2D eigenvalue weighted by atomic mass is 9.83. The summed E-state index contributed by atoms with van der Waals surface area (Å²) in [5.41, 5.74) is 0.000512. The van der Waals surface area contributed by atoms with Crippen LogP contribution in [-0.4, -0.2) is 75.9 Å². The number of aliphatic hydroxyl groups is 1. The van der Waals surface area contributed by atoms with E-state index in [-0.39, 0.29) is 23.5 Å². The van der Waals surface area contributed by atoms with Crippen LogP contribution in [-0.2, 0) is 16.0 Å². The van der Waals surface area contributed by atoms with Crippen molar-refractivity contribution in [3.8, 4) is 0 Å². The summed E-state index contributed by atoms with van der Waals surface area (Å²) in [6, 6.07) is 0. The van der Waals surface area contributed by atoms with E-state index in [2.05, 4.69) is 19.9 Å². The van der Waals surface area contributed by atoms with Gasteiger partial charge in [0.25, 0.3) is 0 Å². The first-order chi connectivity index (χ1) is 13.8. The van der Waals surface area contributed by atoms with E-state index in [9.17, 15) is 9.90 Å². The zero-order chi connectivity index (χ0) is 20.6. The van der Waals surface area contributed by atoms with E-state index in [1.54, 1.807) is 0 Å². The highest BCUT2D eigenvalue weighted by Gasteiger charge is 2.32. The summed E-state index contributed by atoms with van der Waals surface area (Å²) in [6.07, 6.45) is 1.88. The Bertz CT molecular complexity index is 886. The molecule has 0 saturated carbocycles. The molecule has 0 bridgehead atoms. The Morgan fingerprint density at radius 3 is 2.55 bits per heavy atom. The summed E-state index contributed by atoms with van der Waals surface area (Å²) in [5.74, 6) is 0.997. The lowest BCUT2D eigenvalue weighted by Gasteiger charge is -2.37. The molecule has 0 spiro atoms. The first-order valence-corrected chi connectivity index (χ1v) is 11.2. The Morgan fingerprint density at radius 1 is 1.21 bits per heavy atom. The third-order valence-electron chi connectivity index (χ3n) is 5.72. The Kier molecular flexibility index (Phi) is 5.92. The SMILES string of the molecule is CC(C)(O)C1CCN(C(=O)Cc2nc3c(N4CCOCC4)nc(Cl)nc3s2)CC1. The number of ether oxygens (including phenoxy) is 1. The number of morpholine rings is 1. The van der Waals surface area contributed by atoms with Crippen molar-refractivity contribution >= 4 is 45.0 Å². The Morgan fingerprint density at radius 2 is 1.90 bits per heavy atom. The minimum absolute atomic E-state index is 0.0604. The second kappa shape index (κ2) is 8.29. The summed E-state index contributed by atoms with van der Waals surface area (Å²) in [5, 5.41) is 11.1. The maximum absolute atomic E-state index is 12.8. The van der Waals surface area contributed by atoms with Gasteiger partial charge in [-0.05, 0) is 44.2 Å². The van der Waals surface area contributed by atoms with Crippen molar-refractivity contribution in [1.82, 2.24) is 19.9 Å². The molecule has 0 atom stereocenters. The number of nitrogens with zero attached hydrogens (tertiary/aromatic N) is 5. The number of hydrogen-bond donors (Lipinski definition) is 1. The van der Waals surface area contributed by atoms with E-state index in [0.29, 0.717) is 42.5 Å². The zero-order valence-electron chi connectivity index (χ0n) is 16.7. The summed E-state index contributed by atoms with van der Waals surface area (Å²) >= 11 is 7.53. The van der Waals surface area contributed by atoms with E-state index >= 15 is 0 Å². The molecule has 0 radical (unpaired) electrons. The number of carbonyl (C=O) groups excluding carboxylic acids is 1. The van der Waals surface area contributed by atoms with Gasteiger partial charge in [0.05, 0.1) is 25.2 Å². The molecule has 0 unspecified atom stereocenters. The molecule has 10 heteroatoms. The summed E-state index contributed by atoms with van der Waals surface area (Å²) in [6.45, 7) is 7.75. The molecule has 8 nitrogen and oxygen atoms in total. The molecule has 158 valence electrons. The standard InChI is InChI=1S/C19H26ClN5O3S/c1-19(2,27)12-3-5-24(6-4-12)14(26)11-13-21-15-16(25-7-9-28-10-8-25)22-18(20)23-17(15)29-13/h12,27H,3-11H2,1-2H3. The van der Waals surface area contributed by atoms with Gasteiger partial charge in [-0.2, -0.15) is 4.98 Å². The molecule has 29 heavy (non-hydrogen) atoms. The minimum atomic E-state index is -0.698. The van der Waals surface area contributed by atoms with Crippen LogP contribution in [0, 0.1) is 5.92 Å². The lowest BCUT2D eigenvalue weighted by Crippen LogP contribution is -2.44. The highest BCUT2D eigenvalue weighted by atomic mass is 35.5. The molecular formula is C19H26ClN5O3S. The number of likely N-dealkylation sites (tertiary alicyclic amines) is 1. The average Bonchev–Trinajstić information content (AvgIpc) is 3.09. The number of fused-ring (bicyclic) bond motifs is 1. The molecule has 2 aliphatic rings. The summed E-state index contributed by atoms with van der Waals surface area (Å²) in [4.78, 5) is 30.9. The quantitative estimate of drug-likeness (QED) is 0.729. The van der Waals surface area contributed by atoms with Crippen LogP contribution < -0.4 is 4.90 Å². The minimum Gasteiger partial charge on any atom is -0.390 e. The normalized spacial score (nSPS) is 19.2. The number of piperidine rings is 1. The molecule has 0 aliphatic carbocycles. The molecule has 2 saturated heterocycles. The van der Waals surface area contributed by atoms with Gasteiger partial charge in [-0.3, -0.25) is 4.79 Å². The van der Waals surface area contributed by atoms with Crippen LogP contribution in [0.2, 0.25) is 5.28 Å². The lowest BCUT2D eigenvalue weighted by molar-refractivity contribution is -0.133. The predicted molar refractivity (Wildman–Crippen MR) is 113 cm³/mol. The molecular weight excluding hydrogens is 414 g/mol. The smallest absolute Gasteiger partial charge is 0.229 e. The number of anilines is 1. The van der Waals surface area contributed by atoms with Crippen molar-refractivity contribution in [2.75, 3.05) is 44.3 Å². The number of hydrogen-bond acceptors (Lipinski definition) is 8. The number of aromatic nitrogens is 3. The van der Waals surface area contributed by atoms with Gasteiger partial charge in [0.2, 0.25) is 11.2 Å². The maximum atomic E-state index is 12.8. The van der Waals surface area contributed by atoms with Crippen molar-refractivity contribution in [3.05, 3.63) is 10.3 Å². The second-order valence-corrected chi connectivity index (χ2v) is 9.56. The van der Waals surface area contributed by atoms with E-state index in [4.69, 9.17) is 16.3 Å². The van der Waals surface area contributed by atoms with E-state index in [0.717, 1.165) is 30.9 Å². The van der Waals surface area contributed by atoms with E-state index < -0.39 is 5.60 Å². The second-order valence-electron chi connectivity index (χ2n) is 8.16. The molecule has 2 aromatic rings. The van der Waals surface area contributed by atoms with E-state index in [1.807, 2.05) is 18.7 Å². The van der Waals surface area contributed by atoms with Gasteiger partial charge in [0.1, 0.15) is 10.5 Å². The molecule has 2 fully saturated rings. The van der Waals surface area contributed by atoms with Gasteiger partial charge < -0.3 is 19.6 Å². The van der Waals surface area contributed by atoms with Gasteiger partial charge in [-0.25, -0.2) is 9.97 Å². The fraction of sp³-hybridized carbons (Fsp3) is 0.684. The van der Waals surface area contributed by atoms with Crippen molar-refractivity contribution in [2.24, 2.45) is 5.92 Å². The van der Waals surface area contributed by atoms with Crippen LogP contribution in [0.15, 0.2) is 0 Å². The van der Waals surface area contributed by atoms with Crippen LogP contribution in [0.3, 0.4) is 0 Å². The fourth-order valence-electron chi connectivity index (χ4n) is 3.97. The van der Waals surface area contributed by atoms with Crippen LogP contribution >= 0.6 is 22.9 Å². The van der Waals surface area contributed by atoms with Gasteiger partial charge in [0.15, 0.2) is 10.6 Å². The highest BCUT2D eigenvalue weighted by molar-refractivity contribution is 7.18. The molecule has 1 N–H and O–H groups in total. The first kappa shape index (κ1) is 20.7. The number of halogens is 1. The van der Waals surface area contributed by atoms with Crippen LogP contribution in [0.5, 0.6) is 0 Å². The van der Waals surface area contributed by atoms with Crippen LogP contribution in [0.1, 0.15) is 31.7 Å². The third kappa shape index (κ3) is 4.63. The van der Waals surface area contributed by atoms with Crippen molar-refractivity contribution in [3.63, 3.8) is 0 Å². The molecule has 2 aromatic heterocycles. The summed E-state index contributed by atoms with van der Waals surface area (Å²) < 4.78 is 5.42. The molecule has 4 heterocycles. The van der Waals surface area contributed by atoms with E-state index in [1.165, 1.54) is 11.3 Å². The molecule has 1 amide bonds. The summed E-state index contributed by atoms with van der Waals surface area (Å²) in [7, 11) is 0. The molecule has 4 rings (SSSR count). The van der Waals surface area contributed by atoms with Gasteiger partial charge in [-0.1, -0.05) is 11.3 Å². The van der Waals surface area contributed by atoms with Crippen molar-refractivity contribution in [1.29, 1.82) is 0 Å². The van der Waals surface area contributed by atoms with Gasteiger partial charge in [0, 0.05) is 26.2 Å². The largest absolute Gasteiger partial charge is 0.390 e. The highest BCUT2D eigenvalue weighted by Crippen LogP contribution is 2.31. The van der Waals surface area contributed by atoms with Crippen molar-refractivity contribution in [2.45, 2.75) is 38.7 Å². The fourth-order valence-corrected chi connectivity index (χ4v) is 5.11. The maximum Gasteiger partial charge on any atom is 0.229 e. The van der Waals surface area contributed by atoms with Gasteiger partial charge >= 0.3 is 0 Å². The molecule has 0 aromatic carbocycles. The Hall–Kier alpha value is -1.55. The van der Waals surface area contributed by atoms with Crippen LogP contribution in [0.25, 0.3) is 10.3 Å². The number of rotatable bonds is 4. The first-order valence-electron chi connectivity index (χ1n) is 9.97. The number of thiazole rings is 1. The number of amides is 1. The van der Waals surface area contributed by atoms with Gasteiger partial charge in [-0.15, -0.1) is 0 Å². The van der Waals surface area contributed by atoms with Crippen molar-refractivity contribution < 1.29 is 14.6 Å². The predicted octanol–water partition coefficient (Wildman–Crippen LogP) is 2.13. The average molecular weight is 440 g/mol. The Balaban J connectivity index is 1.48. The van der Waals surface area contributed by atoms with Crippen LogP contribution in [0.4, 0.5) is 5.82 Å².